The molecule has 2 heterocycles. The number of hydrogen-bond acceptors (Lipinski definition) is 2. The first-order chi connectivity index (χ1) is 5.95. The molecule has 58 valence electrons. The van der Waals surface area contributed by atoms with Crippen LogP contribution in [-0.4, -0.2) is 4.98 Å². The van der Waals surface area contributed by atoms with Crippen molar-refractivity contribution in [1.29, 1.82) is 0 Å². The van der Waals surface area contributed by atoms with Gasteiger partial charge in [-0.1, -0.05) is 12.2 Å². The van der Waals surface area contributed by atoms with Gasteiger partial charge in [-0.05, 0) is 23.6 Å². The molecule has 1 aliphatic carbocycles. The molecule has 0 N–H and O–H groups in total. The molecule has 1 aliphatic rings. The van der Waals surface area contributed by atoms with Crippen molar-refractivity contribution in [3.05, 3.63) is 35.7 Å². The van der Waals surface area contributed by atoms with E-state index in [4.69, 9.17) is 4.42 Å². The highest BCUT2D eigenvalue weighted by molar-refractivity contribution is 5.87. The number of aromatic nitrogens is 1. The maximum Gasteiger partial charge on any atom is 0.226 e. The SMILES string of the molecule is C1=Cc2c(cnc3occc23)C1. The molecule has 0 atom stereocenters. The van der Waals surface area contributed by atoms with Gasteiger partial charge in [0.05, 0.1) is 6.26 Å². The van der Waals surface area contributed by atoms with Gasteiger partial charge in [0.2, 0.25) is 5.71 Å². The lowest BCUT2D eigenvalue weighted by molar-refractivity contribution is 0.603. The molecule has 0 saturated carbocycles. The van der Waals surface area contributed by atoms with Crippen molar-refractivity contribution < 1.29 is 4.42 Å². The van der Waals surface area contributed by atoms with Crippen LogP contribution in [0.3, 0.4) is 0 Å². The van der Waals surface area contributed by atoms with Gasteiger partial charge >= 0.3 is 0 Å². The molecule has 0 amide bonds. The molecule has 12 heavy (non-hydrogen) atoms. The summed E-state index contributed by atoms with van der Waals surface area (Å²) >= 11 is 0. The van der Waals surface area contributed by atoms with Crippen molar-refractivity contribution in [2.75, 3.05) is 0 Å². The van der Waals surface area contributed by atoms with Crippen molar-refractivity contribution in [3.8, 4) is 0 Å². The lowest BCUT2D eigenvalue weighted by atomic mass is 10.1. The van der Waals surface area contributed by atoms with E-state index >= 15 is 0 Å². The molecule has 0 spiro atoms. The van der Waals surface area contributed by atoms with E-state index in [1.807, 2.05) is 12.3 Å². The number of allylic oxidation sites excluding steroid dienone is 1. The number of hydrogen-bond donors (Lipinski definition) is 0. The zero-order valence-electron chi connectivity index (χ0n) is 6.45. The van der Waals surface area contributed by atoms with Crippen LogP contribution in [0.25, 0.3) is 17.2 Å². The maximum absolute atomic E-state index is 5.20. The van der Waals surface area contributed by atoms with E-state index < -0.39 is 0 Å². The third-order valence-corrected chi connectivity index (χ3v) is 2.24. The minimum absolute atomic E-state index is 0.736. The maximum atomic E-state index is 5.20. The molecule has 2 aromatic heterocycles. The van der Waals surface area contributed by atoms with Crippen molar-refractivity contribution in [3.63, 3.8) is 0 Å². The molecule has 0 fully saturated rings. The fraction of sp³-hybridized carbons (Fsp3) is 0.100. The molecule has 0 radical (unpaired) electrons. The second-order valence-electron chi connectivity index (χ2n) is 2.94. The third-order valence-electron chi connectivity index (χ3n) is 2.24. The Kier molecular flexibility index (Phi) is 0.987. The molecular formula is C10H7NO. The molecule has 0 unspecified atom stereocenters. The smallest absolute Gasteiger partial charge is 0.226 e. The highest BCUT2D eigenvalue weighted by Crippen LogP contribution is 2.26. The van der Waals surface area contributed by atoms with Gasteiger partial charge in [0.15, 0.2) is 0 Å². The summed E-state index contributed by atoms with van der Waals surface area (Å²) in [6, 6.07) is 1.97. The number of fused-ring (bicyclic) bond motifs is 3. The van der Waals surface area contributed by atoms with Gasteiger partial charge in [0, 0.05) is 11.6 Å². The molecule has 0 aromatic carbocycles. The van der Waals surface area contributed by atoms with E-state index in [2.05, 4.69) is 17.1 Å². The summed E-state index contributed by atoms with van der Waals surface area (Å²) in [6.45, 7) is 0. The highest BCUT2D eigenvalue weighted by atomic mass is 16.3. The third kappa shape index (κ3) is 0.619. The second kappa shape index (κ2) is 1.97. The normalized spacial score (nSPS) is 14.0. The van der Waals surface area contributed by atoms with Crippen LogP contribution in [0.4, 0.5) is 0 Å². The Morgan fingerprint density at radius 1 is 1.42 bits per heavy atom. The minimum Gasteiger partial charge on any atom is -0.446 e. The summed E-state index contributed by atoms with van der Waals surface area (Å²) in [5.41, 5.74) is 3.30. The van der Waals surface area contributed by atoms with E-state index in [0.717, 1.165) is 17.5 Å². The Labute approximate surface area is 69.5 Å². The predicted molar refractivity (Wildman–Crippen MR) is 46.7 cm³/mol. The van der Waals surface area contributed by atoms with E-state index in [1.165, 1.54) is 11.1 Å². The van der Waals surface area contributed by atoms with Gasteiger partial charge in [-0.15, -0.1) is 0 Å². The molecule has 0 aliphatic heterocycles. The van der Waals surface area contributed by atoms with E-state index in [0.29, 0.717) is 0 Å². The number of rotatable bonds is 0. The quantitative estimate of drug-likeness (QED) is 0.586. The summed E-state index contributed by atoms with van der Waals surface area (Å²) in [5.74, 6) is 0. The Hall–Kier alpha value is -1.57. The van der Waals surface area contributed by atoms with Crippen molar-refractivity contribution in [2.45, 2.75) is 6.42 Å². The van der Waals surface area contributed by atoms with Crippen LogP contribution in [0, 0.1) is 0 Å². The van der Waals surface area contributed by atoms with Crippen LogP contribution in [0.5, 0.6) is 0 Å². The minimum atomic E-state index is 0.736. The van der Waals surface area contributed by atoms with Gasteiger partial charge in [-0.2, -0.15) is 0 Å². The molecule has 2 aromatic rings. The Morgan fingerprint density at radius 2 is 2.42 bits per heavy atom. The molecule has 0 saturated heterocycles. The average Bonchev–Trinajstić information content (AvgIpc) is 2.71. The molecule has 0 bridgehead atoms. The van der Waals surface area contributed by atoms with Crippen molar-refractivity contribution >= 4 is 17.2 Å². The van der Waals surface area contributed by atoms with E-state index in [9.17, 15) is 0 Å². The van der Waals surface area contributed by atoms with Crippen LogP contribution in [0.15, 0.2) is 29.0 Å². The first kappa shape index (κ1) is 6.00. The zero-order valence-corrected chi connectivity index (χ0v) is 6.45. The van der Waals surface area contributed by atoms with Crippen molar-refractivity contribution in [1.82, 2.24) is 4.98 Å². The van der Waals surface area contributed by atoms with E-state index in [1.54, 1.807) is 6.26 Å². The van der Waals surface area contributed by atoms with Gasteiger partial charge in [-0.3, -0.25) is 0 Å². The van der Waals surface area contributed by atoms with Crippen LogP contribution in [0.2, 0.25) is 0 Å². The van der Waals surface area contributed by atoms with Gasteiger partial charge in [0.1, 0.15) is 0 Å². The summed E-state index contributed by atoms with van der Waals surface area (Å²) in [4.78, 5) is 4.21. The first-order valence-electron chi connectivity index (χ1n) is 3.97. The van der Waals surface area contributed by atoms with Gasteiger partial charge < -0.3 is 4.42 Å². The van der Waals surface area contributed by atoms with Crippen LogP contribution >= 0.6 is 0 Å². The van der Waals surface area contributed by atoms with Crippen LogP contribution in [0.1, 0.15) is 11.1 Å². The van der Waals surface area contributed by atoms with Crippen LogP contribution < -0.4 is 0 Å². The number of nitrogens with zero attached hydrogens (tertiary/aromatic N) is 1. The van der Waals surface area contributed by atoms with Crippen molar-refractivity contribution in [2.24, 2.45) is 0 Å². The standard InChI is InChI=1S/C10H7NO/c1-2-7-6-11-10-9(4-5-12-10)8(7)3-1/h1,3-6H,2H2. The number of furan rings is 1. The lowest BCUT2D eigenvalue weighted by Gasteiger charge is -1.96. The van der Waals surface area contributed by atoms with E-state index in [-0.39, 0.29) is 0 Å². The Bertz CT molecular complexity index is 468. The largest absolute Gasteiger partial charge is 0.446 e. The highest BCUT2D eigenvalue weighted by Gasteiger charge is 2.10. The summed E-state index contributed by atoms with van der Waals surface area (Å²) < 4.78 is 5.20. The molecular weight excluding hydrogens is 150 g/mol. The lowest BCUT2D eigenvalue weighted by Crippen LogP contribution is -1.84. The number of pyridine rings is 1. The molecule has 2 heteroatoms. The average molecular weight is 157 g/mol. The fourth-order valence-electron chi connectivity index (χ4n) is 1.65. The topological polar surface area (TPSA) is 26.0 Å². The Balaban J connectivity index is 2.52. The molecule has 3 rings (SSSR count). The van der Waals surface area contributed by atoms with Gasteiger partial charge in [0.25, 0.3) is 0 Å². The monoisotopic (exact) mass is 157 g/mol. The zero-order chi connectivity index (χ0) is 7.97. The predicted octanol–water partition coefficient (Wildman–Crippen LogP) is 2.40. The second-order valence-corrected chi connectivity index (χ2v) is 2.94. The summed E-state index contributed by atoms with van der Waals surface area (Å²) in [6.07, 6.45) is 8.86. The van der Waals surface area contributed by atoms with Crippen LogP contribution in [-0.2, 0) is 6.42 Å². The fourth-order valence-corrected chi connectivity index (χ4v) is 1.65. The molecule has 2 nitrogen and oxygen atoms in total. The Morgan fingerprint density at radius 3 is 3.42 bits per heavy atom. The summed E-state index contributed by atoms with van der Waals surface area (Å²) in [5, 5.41) is 1.13. The summed E-state index contributed by atoms with van der Waals surface area (Å²) in [7, 11) is 0. The first-order valence-corrected chi connectivity index (χ1v) is 3.97. The van der Waals surface area contributed by atoms with Gasteiger partial charge in [-0.25, -0.2) is 4.98 Å².